The molecule has 6 heteroatoms. The van der Waals surface area contributed by atoms with Gasteiger partial charge in [0.1, 0.15) is 11.8 Å². The number of carbonyl (C=O) groups excluding carboxylic acids is 1. The first kappa shape index (κ1) is 15.9. The summed E-state index contributed by atoms with van der Waals surface area (Å²) in [6, 6.07) is 8.06. The van der Waals surface area contributed by atoms with E-state index in [1.807, 2.05) is 0 Å². The Morgan fingerprint density at radius 2 is 2.14 bits per heavy atom. The number of furan rings is 1. The standard InChI is InChI=1S/C15H15Cl2NO3/c16-11-5-3-10(12(17)8-11)4-6-15(20)18-13(9-19)14-2-1-7-21-14/h1-3,5,7-8,13,19H,4,6,9H2,(H,18,20). The Balaban J connectivity index is 1.89. The predicted molar refractivity (Wildman–Crippen MR) is 81.5 cm³/mol. The van der Waals surface area contributed by atoms with E-state index in [9.17, 15) is 9.90 Å². The van der Waals surface area contributed by atoms with Gasteiger partial charge in [-0.25, -0.2) is 0 Å². The summed E-state index contributed by atoms with van der Waals surface area (Å²) in [5.41, 5.74) is 0.856. The van der Waals surface area contributed by atoms with Gasteiger partial charge in [0.2, 0.25) is 5.91 Å². The van der Waals surface area contributed by atoms with Crippen molar-refractivity contribution in [3.8, 4) is 0 Å². The van der Waals surface area contributed by atoms with Crippen molar-refractivity contribution in [3.63, 3.8) is 0 Å². The van der Waals surface area contributed by atoms with Crippen LogP contribution in [0.5, 0.6) is 0 Å². The molecule has 2 N–H and O–H groups in total. The molecule has 1 aromatic carbocycles. The number of amides is 1. The van der Waals surface area contributed by atoms with Crippen LogP contribution < -0.4 is 5.32 Å². The quantitative estimate of drug-likeness (QED) is 0.855. The van der Waals surface area contributed by atoms with Crippen molar-refractivity contribution in [2.24, 2.45) is 0 Å². The highest BCUT2D eigenvalue weighted by atomic mass is 35.5. The van der Waals surface area contributed by atoms with Crippen molar-refractivity contribution in [2.45, 2.75) is 18.9 Å². The molecule has 0 aliphatic carbocycles. The highest BCUT2D eigenvalue weighted by Gasteiger charge is 2.16. The molecule has 21 heavy (non-hydrogen) atoms. The van der Waals surface area contributed by atoms with Crippen LogP contribution in [-0.2, 0) is 11.2 Å². The smallest absolute Gasteiger partial charge is 0.220 e. The zero-order chi connectivity index (χ0) is 15.2. The third-order valence-electron chi connectivity index (χ3n) is 3.04. The highest BCUT2D eigenvalue weighted by Crippen LogP contribution is 2.22. The summed E-state index contributed by atoms with van der Waals surface area (Å²) in [6.07, 6.45) is 2.26. The molecule has 2 aromatic rings. The lowest BCUT2D eigenvalue weighted by Crippen LogP contribution is -2.30. The second kappa shape index (κ2) is 7.50. The molecule has 1 heterocycles. The minimum Gasteiger partial charge on any atom is -0.467 e. The van der Waals surface area contributed by atoms with Gasteiger partial charge < -0.3 is 14.8 Å². The number of aliphatic hydroxyl groups is 1. The molecule has 0 saturated carbocycles. The average Bonchev–Trinajstić information content (AvgIpc) is 2.98. The second-order valence-corrected chi connectivity index (χ2v) is 5.40. The molecular formula is C15H15Cl2NO3. The van der Waals surface area contributed by atoms with E-state index in [2.05, 4.69) is 5.32 Å². The van der Waals surface area contributed by atoms with Gasteiger partial charge in [-0.2, -0.15) is 0 Å². The Kier molecular flexibility index (Phi) is 5.67. The molecule has 2 rings (SSSR count). The van der Waals surface area contributed by atoms with E-state index in [1.165, 1.54) is 6.26 Å². The van der Waals surface area contributed by atoms with Crippen molar-refractivity contribution in [1.82, 2.24) is 5.32 Å². The van der Waals surface area contributed by atoms with Gasteiger partial charge in [0.05, 0.1) is 12.9 Å². The molecule has 1 aromatic heterocycles. The molecule has 0 saturated heterocycles. The van der Waals surface area contributed by atoms with Crippen molar-refractivity contribution in [1.29, 1.82) is 0 Å². The molecule has 0 bridgehead atoms. The zero-order valence-corrected chi connectivity index (χ0v) is 12.7. The molecule has 112 valence electrons. The first-order valence-corrected chi connectivity index (χ1v) is 7.23. The fourth-order valence-corrected chi connectivity index (χ4v) is 2.44. The Hall–Kier alpha value is -1.49. The van der Waals surface area contributed by atoms with Crippen LogP contribution in [-0.4, -0.2) is 17.6 Å². The molecule has 0 aliphatic rings. The van der Waals surface area contributed by atoms with Crippen molar-refractivity contribution < 1.29 is 14.3 Å². The number of nitrogens with one attached hydrogen (secondary N) is 1. The number of aliphatic hydroxyl groups excluding tert-OH is 1. The molecule has 0 radical (unpaired) electrons. The van der Waals surface area contributed by atoms with Gasteiger partial charge in [-0.1, -0.05) is 29.3 Å². The summed E-state index contributed by atoms with van der Waals surface area (Å²) in [6.45, 7) is -0.221. The van der Waals surface area contributed by atoms with Gasteiger partial charge in [-0.15, -0.1) is 0 Å². The maximum atomic E-state index is 11.9. The van der Waals surface area contributed by atoms with Crippen LogP contribution in [0.2, 0.25) is 10.0 Å². The van der Waals surface area contributed by atoms with Gasteiger partial charge >= 0.3 is 0 Å². The molecule has 1 atom stereocenters. The van der Waals surface area contributed by atoms with Gasteiger partial charge in [0, 0.05) is 16.5 Å². The molecule has 4 nitrogen and oxygen atoms in total. The number of rotatable bonds is 6. The van der Waals surface area contributed by atoms with E-state index in [1.54, 1.807) is 30.3 Å². The van der Waals surface area contributed by atoms with Gasteiger partial charge in [0.25, 0.3) is 0 Å². The molecule has 0 aliphatic heterocycles. The molecular weight excluding hydrogens is 313 g/mol. The number of halogens is 2. The summed E-state index contributed by atoms with van der Waals surface area (Å²) in [5.74, 6) is 0.340. The molecule has 1 unspecified atom stereocenters. The molecule has 0 spiro atoms. The Morgan fingerprint density at radius 1 is 1.33 bits per heavy atom. The van der Waals surface area contributed by atoms with Crippen molar-refractivity contribution in [2.75, 3.05) is 6.61 Å². The lowest BCUT2D eigenvalue weighted by Gasteiger charge is -2.14. The third-order valence-corrected chi connectivity index (χ3v) is 3.63. The summed E-state index contributed by atoms with van der Waals surface area (Å²) < 4.78 is 5.17. The van der Waals surface area contributed by atoms with Crippen LogP contribution >= 0.6 is 23.2 Å². The minimum atomic E-state index is -0.534. The van der Waals surface area contributed by atoms with E-state index in [4.69, 9.17) is 27.6 Å². The monoisotopic (exact) mass is 327 g/mol. The third kappa shape index (κ3) is 4.49. The van der Waals surface area contributed by atoms with Crippen LogP contribution in [0.3, 0.4) is 0 Å². The molecule has 0 fully saturated rings. The highest BCUT2D eigenvalue weighted by molar-refractivity contribution is 6.35. The van der Waals surface area contributed by atoms with E-state index in [-0.39, 0.29) is 18.9 Å². The SMILES string of the molecule is O=C(CCc1ccc(Cl)cc1Cl)NC(CO)c1ccco1. The van der Waals surface area contributed by atoms with E-state index in [0.717, 1.165) is 5.56 Å². The van der Waals surface area contributed by atoms with Gasteiger partial charge in [-0.05, 0) is 36.2 Å². The number of benzene rings is 1. The minimum absolute atomic E-state index is 0.184. The van der Waals surface area contributed by atoms with Crippen LogP contribution in [0.4, 0.5) is 0 Å². The van der Waals surface area contributed by atoms with Crippen LogP contribution in [0.1, 0.15) is 23.8 Å². The van der Waals surface area contributed by atoms with Crippen molar-refractivity contribution >= 4 is 29.1 Å². The van der Waals surface area contributed by atoms with E-state index < -0.39 is 6.04 Å². The topological polar surface area (TPSA) is 62.5 Å². The Labute approximate surface area is 132 Å². The van der Waals surface area contributed by atoms with Crippen LogP contribution in [0, 0.1) is 0 Å². The van der Waals surface area contributed by atoms with Gasteiger partial charge in [0.15, 0.2) is 0 Å². The van der Waals surface area contributed by atoms with Crippen LogP contribution in [0.25, 0.3) is 0 Å². The maximum Gasteiger partial charge on any atom is 0.220 e. The predicted octanol–water partition coefficient (Wildman–Crippen LogP) is 3.37. The second-order valence-electron chi connectivity index (χ2n) is 4.55. The summed E-state index contributed by atoms with van der Waals surface area (Å²) >= 11 is 11.9. The normalized spacial score (nSPS) is 12.1. The number of carbonyl (C=O) groups is 1. The Bertz CT molecular complexity index is 599. The van der Waals surface area contributed by atoms with E-state index in [0.29, 0.717) is 22.2 Å². The summed E-state index contributed by atoms with van der Waals surface area (Å²) in [5, 5.41) is 13.1. The fraction of sp³-hybridized carbons (Fsp3) is 0.267. The van der Waals surface area contributed by atoms with Gasteiger partial charge in [-0.3, -0.25) is 4.79 Å². The lowest BCUT2D eigenvalue weighted by molar-refractivity contribution is -0.122. The number of hydrogen-bond donors (Lipinski definition) is 2. The van der Waals surface area contributed by atoms with Crippen molar-refractivity contribution in [3.05, 3.63) is 58.0 Å². The number of hydrogen-bond acceptors (Lipinski definition) is 3. The van der Waals surface area contributed by atoms with E-state index >= 15 is 0 Å². The molecule has 1 amide bonds. The average molecular weight is 328 g/mol. The van der Waals surface area contributed by atoms with Crippen LogP contribution in [0.15, 0.2) is 41.0 Å². The lowest BCUT2D eigenvalue weighted by atomic mass is 10.1. The maximum absolute atomic E-state index is 11.9. The first-order chi connectivity index (χ1) is 10.1. The Morgan fingerprint density at radius 3 is 2.76 bits per heavy atom. The zero-order valence-electron chi connectivity index (χ0n) is 11.2. The number of aryl methyl sites for hydroxylation is 1. The first-order valence-electron chi connectivity index (χ1n) is 6.47. The summed E-state index contributed by atoms with van der Waals surface area (Å²) in [4.78, 5) is 11.9. The summed E-state index contributed by atoms with van der Waals surface area (Å²) in [7, 11) is 0. The fourth-order valence-electron chi connectivity index (χ4n) is 1.94. The largest absolute Gasteiger partial charge is 0.467 e.